The van der Waals surface area contributed by atoms with Crippen LogP contribution < -0.4 is 0 Å². The van der Waals surface area contributed by atoms with Crippen molar-refractivity contribution in [2.45, 2.75) is 276 Å². The van der Waals surface area contributed by atoms with Crippen LogP contribution in [0.25, 0.3) is 0 Å². The van der Waals surface area contributed by atoms with E-state index < -0.39 is 194 Å². The Hall–Kier alpha value is -5.13. The zero-order valence-corrected chi connectivity index (χ0v) is 56.3. The average molecular weight is 1530 g/mol. The van der Waals surface area contributed by atoms with Gasteiger partial charge in [-0.15, -0.1) is 0 Å². The average Bonchev–Trinajstić information content (AvgIpc) is 1.55. The lowest BCUT2D eigenvalue weighted by molar-refractivity contribution is -0.409. The molecule has 0 radical (unpaired) electrons. The molecule has 12 atom stereocenters. The number of carbonyl (C=O) groups is 6. The number of aliphatic carboxylic acids is 1. The monoisotopic (exact) mass is 1530 g/mol. The normalized spacial score (nSPS) is 24.0. The van der Waals surface area contributed by atoms with Gasteiger partial charge in [0.15, 0.2) is 13.2 Å². The van der Waals surface area contributed by atoms with Crippen molar-refractivity contribution >= 4 is 35.8 Å². The number of fused-ring (bicyclic) bond motifs is 1. The van der Waals surface area contributed by atoms with Crippen molar-refractivity contribution in [3.05, 3.63) is 0 Å². The smallest absolute Gasteiger partial charge is 0.449 e. The van der Waals surface area contributed by atoms with E-state index in [4.69, 9.17) is 24.8 Å². The first kappa shape index (κ1) is 99.0. The highest BCUT2D eigenvalue weighted by atomic mass is 19.4. The fourth-order valence-electron chi connectivity index (χ4n) is 7.55. The summed E-state index contributed by atoms with van der Waals surface area (Å²) in [6.45, 7) is 15.3. The fourth-order valence-corrected chi connectivity index (χ4v) is 7.55. The van der Waals surface area contributed by atoms with E-state index in [1.807, 2.05) is 6.92 Å². The van der Waals surface area contributed by atoms with E-state index in [2.05, 4.69) is 23.7 Å². The van der Waals surface area contributed by atoms with E-state index in [1.54, 1.807) is 41.5 Å². The zero-order valence-electron chi connectivity index (χ0n) is 56.3. The maximum Gasteiger partial charge on any atom is 0.449 e. The lowest BCUT2D eigenvalue weighted by Gasteiger charge is -2.37. The molecule has 0 aromatic carbocycles. The molecular weight excluding hydrogens is 1440 g/mol. The standard InChI is InChI=1S/C14H21F3O4.C11H16F6O3.C11H15F5O4.C10H12F8O2.C7H11F3O2.C5H10O2/c1-3-9(2)11(18)21-12-7-5-4-6-10(12)20-13(19,8-12)14(15,16)17;1-4-6(2)8(18)20-7(3)5-9(19,10(12,13)14)11(15,16)17;1-4-6(2)7(17)20-8(3)5-19-10(18,9(8,12)13)11(14,15)16;1-3-5(2)6(19)20-4-8(13,14)10(17,18)9(15,16)7(11)12;1-3-5(2)6(11)12-4-7(8,9)10;1-3-4(2)5(6)7/h9-10,19H,3-8H2,1-2H3;6-7,19H,4-5H2,1-3H3;6,18H,4-5H2,1-3H3;5,7H,3-4H2,1-2H3;5H,3-4H2,1-2H3;4H,3H2,1-2H3,(H,6,7). The van der Waals surface area contributed by atoms with Gasteiger partial charge in [0.1, 0.15) is 17.8 Å². The van der Waals surface area contributed by atoms with E-state index in [0.29, 0.717) is 45.4 Å². The molecular formula is C58H85F25O17. The molecule has 42 heteroatoms. The molecule has 1 saturated carbocycles. The van der Waals surface area contributed by atoms with Gasteiger partial charge < -0.3 is 53.6 Å². The van der Waals surface area contributed by atoms with Crippen molar-refractivity contribution in [1.29, 1.82) is 0 Å². The summed E-state index contributed by atoms with van der Waals surface area (Å²) in [5.41, 5.74) is -9.16. The Bertz CT molecular complexity index is 2520. The first-order valence-electron chi connectivity index (χ1n) is 30.4. The Kier molecular flexibility index (Phi) is 37.7. The van der Waals surface area contributed by atoms with Crippen LogP contribution in [0.5, 0.6) is 0 Å². The van der Waals surface area contributed by atoms with Crippen molar-refractivity contribution in [3.8, 4) is 0 Å². The number of carboxylic acid groups (broad SMARTS) is 1. The molecule has 0 spiro atoms. The van der Waals surface area contributed by atoms with Crippen LogP contribution in [-0.4, -0.2) is 178 Å². The topological polar surface area (TPSA) is 248 Å². The molecule has 0 amide bonds. The first-order valence-corrected chi connectivity index (χ1v) is 30.4. The predicted octanol–water partition coefficient (Wildman–Crippen LogP) is 15.4. The molecule has 2 saturated heterocycles. The van der Waals surface area contributed by atoms with Gasteiger partial charge in [-0.3, -0.25) is 28.8 Å². The highest BCUT2D eigenvalue weighted by molar-refractivity contribution is 5.74. The Morgan fingerprint density at radius 3 is 1.25 bits per heavy atom. The molecule has 12 unspecified atom stereocenters. The number of carboxylic acids is 1. The van der Waals surface area contributed by atoms with Gasteiger partial charge in [0, 0.05) is 6.42 Å². The van der Waals surface area contributed by atoms with E-state index >= 15 is 0 Å². The summed E-state index contributed by atoms with van der Waals surface area (Å²) in [6.07, 6.45) is -32.6. The number of aliphatic hydroxyl groups is 3. The van der Waals surface area contributed by atoms with E-state index in [0.717, 1.165) is 13.3 Å². The Morgan fingerprint density at radius 2 is 0.920 bits per heavy atom. The molecule has 1 aliphatic carbocycles. The lowest BCUT2D eigenvalue weighted by atomic mass is 9.80. The van der Waals surface area contributed by atoms with Gasteiger partial charge in [-0.2, -0.15) is 101 Å². The maximum absolute atomic E-state index is 13.9. The number of carbonyl (C=O) groups excluding carboxylic acids is 5. The summed E-state index contributed by atoms with van der Waals surface area (Å²) in [5.74, 6) is -39.7. The fraction of sp³-hybridized carbons (Fsp3) is 0.897. The zero-order chi connectivity index (χ0) is 80.2. The highest BCUT2D eigenvalue weighted by Crippen LogP contribution is 2.56. The number of hydrogen-bond donors (Lipinski definition) is 4. The third kappa shape index (κ3) is 26.5. The summed E-state index contributed by atoms with van der Waals surface area (Å²) < 4.78 is 344. The highest BCUT2D eigenvalue weighted by Gasteiger charge is 2.83. The Labute approximate surface area is 558 Å². The number of alkyl halides is 25. The van der Waals surface area contributed by atoms with Crippen molar-refractivity contribution in [3.63, 3.8) is 0 Å². The van der Waals surface area contributed by atoms with Crippen molar-refractivity contribution < 1.29 is 192 Å². The van der Waals surface area contributed by atoms with Gasteiger partial charge >= 0.3 is 103 Å². The molecule has 2 heterocycles. The Morgan fingerprint density at radius 1 is 0.540 bits per heavy atom. The van der Waals surface area contributed by atoms with Crippen LogP contribution in [0.4, 0.5) is 110 Å². The van der Waals surface area contributed by atoms with Crippen LogP contribution in [0, 0.1) is 35.5 Å². The number of halogens is 25. The van der Waals surface area contributed by atoms with E-state index in [9.17, 15) is 144 Å². The predicted molar refractivity (Wildman–Crippen MR) is 295 cm³/mol. The molecule has 0 bridgehead atoms. The summed E-state index contributed by atoms with van der Waals surface area (Å²) >= 11 is 0. The van der Waals surface area contributed by atoms with Crippen LogP contribution >= 0.6 is 0 Å². The molecule has 2 aliphatic heterocycles. The molecule has 0 aromatic heterocycles. The minimum atomic E-state index is -6.36. The number of esters is 5. The van der Waals surface area contributed by atoms with Crippen LogP contribution in [0.1, 0.15) is 174 Å². The van der Waals surface area contributed by atoms with Gasteiger partial charge in [-0.1, -0.05) is 89.5 Å². The SMILES string of the molecule is CCC(C)C(=O)O.CCC(C)C(=O)OC(C)CC(O)(C(F)(F)F)C(F)(F)F.CCC(C)C(=O)OC1(C)COC(O)(C(F)(F)F)C1(F)F.CCC(C)C(=O)OC12CCCCC1OC(O)(C(F)(F)F)C2.CCC(C)C(=O)OCC(F)(F)C(F)(F)C(F)(F)C(F)F.CCC(C)C(=O)OCC(F)(F)F. The number of hydrogen-bond acceptors (Lipinski definition) is 16. The van der Waals surface area contributed by atoms with Crippen molar-refractivity contribution in [2.75, 3.05) is 19.8 Å². The second-order valence-corrected chi connectivity index (χ2v) is 24.0. The van der Waals surface area contributed by atoms with Crippen molar-refractivity contribution in [1.82, 2.24) is 0 Å². The number of ether oxygens (including phenoxy) is 7. The Balaban J connectivity index is -0.00000116. The molecule has 3 rings (SSSR count). The van der Waals surface area contributed by atoms with E-state index in [1.165, 1.54) is 34.6 Å². The first-order chi connectivity index (χ1) is 44.6. The third-order valence-electron chi connectivity index (χ3n) is 15.8. The minimum Gasteiger partial charge on any atom is -0.481 e. The largest absolute Gasteiger partial charge is 0.481 e. The molecule has 100 heavy (non-hydrogen) atoms. The summed E-state index contributed by atoms with van der Waals surface area (Å²) in [7, 11) is 0. The minimum absolute atomic E-state index is 0.133. The molecule has 594 valence electrons. The molecule has 4 N–H and O–H groups in total. The lowest BCUT2D eigenvalue weighted by Crippen LogP contribution is -2.63. The van der Waals surface area contributed by atoms with Crippen LogP contribution in [0.2, 0.25) is 0 Å². The van der Waals surface area contributed by atoms with Crippen LogP contribution in [0.15, 0.2) is 0 Å². The summed E-state index contributed by atoms with van der Waals surface area (Å²) in [5, 5.41) is 36.0. The maximum atomic E-state index is 13.9. The second kappa shape index (κ2) is 38.0. The van der Waals surface area contributed by atoms with Crippen LogP contribution in [-0.2, 0) is 61.9 Å². The van der Waals surface area contributed by atoms with Crippen molar-refractivity contribution in [2.24, 2.45) is 35.5 Å². The van der Waals surface area contributed by atoms with Gasteiger partial charge in [0.25, 0.3) is 11.4 Å². The quantitative estimate of drug-likeness (QED) is 0.0422. The molecule has 0 aromatic rings. The summed E-state index contributed by atoms with van der Waals surface area (Å²) in [4.78, 5) is 66.4. The van der Waals surface area contributed by atoms with E-state index in [-0.39, 0.29) is 31.1 Å². The molecule has 17 nitrogen and oxygen atoms in total. The third-order valence-corrected chi connectivity index (χ3v) is 15.8. The van der Waals surface area contributed by atoms with Gasteiger partial charge in [0.2, 0.25) is 5.60 Å². The number of rotatable bonds is 23. The molecule has 3 fully saturated rings. The second-order valence-electron chi connectivity index (χ2n) is 24.0. The molecule has 3 aliphatic rings. The van der Waals surface area contributed by atoms with Gasteiger partial charge in [-0.25, -0.2) is 8.78 Å². The van der Waals surface area contributed by atoms with Crippen LogP contribution in [0.3, 0.4) is 0 Å². The van der Waals surface area contributed by atoms with Gasteiger partial charge in [-0.05, 0) is 71.6 Å². The van der Waals surface area contributed by atoms with Gasteiger partial charge in [0.05, 0.1) is 48.5 Å². The summed E-state index contributed by atoms with van der Waals surface area (Å²) in [6, 6.07) is 0.